The first-order valence-corrected chi connectivity index (χ1v) is 13.1. The van der Waals surface area contributed by atoms with Gasteiger partial charge in [0.05, 0.1) is 24.4 Å². The summed E-state index contributed by atoms with van der Waals surface area (Å²) in [5.41, 5.74) is 2.83. The average Bonchev–Trinajstić information content (AvgIpc) is 3.57. The predicted molar refractivity (Wildman–Crippen MR) is 134 cm³/mol. The van der Waals surface area contributed by atoms with Crippen LogP contribution in [0.25, 0.3) is 17.1 Å². The van der Waals surface area contributed by atoms with Crippen molar-refractivity contribution in [3.8, 4) is 11.3 Å². The SMILES string of the molecule is C=Nc1cc(-c2cccc(N3CCCC3)c2)nn1/C(=C\C)N[C@@H]1C[C@H](COS(N)(=O)=O)[C@@H](O)[C@H]1O. The quantitative estimate of drug-likeness (QED) is 0.372. The summed E-state index contributed by atoms with van der Waals surface area (Å²) in [6.45, 7) is 7.24. The highest BCUT2D eigenvalue weighted by atomic mass is 32.2. The summed E-state index contributed by atoms with van der Waals surface area (Å²) in [5.74, 6) is 0.436. The standard InChI is InChI=1S/C23H32N6O5S/c1-3-20(26-19-12-16(22(30)23(19)31)14-34-35(24,32)33)29-21(25-2)13-18(27-29)15-7-6-8-17(11-15)28-9-4-5-10-28/h3,6-8,11,13,16,19,22-23,26,30-31H,2,4-5,9-10,12,14H2,1H3,(H2,24,32,33)/b20-3-/t16-,19-,22-,23+/m1/s1. The van der Waals surface area contributed by atoms with Crippen LogP contribution < -0.4 is 15.4 Å². The van der Waals surface area contributed by atoms with E-state index in [9.17, 15) is 18.6 Å². The predicted octanol–water partition coefficient (Wildman–Crippen LogP) is 1.22. The van der Waals surface area contributed by atoms with Crippen LogP contribution >= 0.6 is 0 Å². The van der Waals surface area contributed by atoms with E-state index >= 15 is 0 Å². The molecule has 2 aromatic rings. The van der Waals surface area contributed by atoms with Gasteiger partial charge in [-0.1, -0.05) is 12.1 Å². The fourth-order valence-electron chi connectivity index (χ4n) is 4.71. The van der Waals surface area contributed by atoms with Gasteiger partial charge in [-0.25, -0.2) is 10.1 Å². The molecule has 5 N–H and O–H groups in total. The molecule has 1 aliphatic carbocycles. The lowest BCUT2D eigenvalue weighted by atomic mass is 10.1. The van der Waals surface area contributed by atoms with Crippen molar-refractivity contribution in [3.63, 3.8) is 0 Å². The lowest BCUT2D eigenvalue weighted by molar-refractivity contribution is 0.00412. The van der Waals surface area contributed by atoms with Crippen molar-refractivity contribution in [1.29, 1.82) is 0 Å². The monoisotopic (exact) mass is 504 g/mol. The summed E-state index contributed by atoms with van der Waals surface area (Å²) < 4.78 is 28.4. The second-order valence-electron chi connectivity index (χ2n) is 8.88. The molecule has 1 aliphatic heterocycles. The average molecular weight is 505 g/mol. The number of aliphatic hydroxyl groups is 2. The van der Waals surface area contributed by atoms with Crippen molar-refractivity contribution in [2.45, 2.75) is 44.4 Å². The van der Waals surface area contributed by atoms with E-state index in [2.05, 4.69) is 38.2 Å². The van der Waals surface area contributed by atoms with Crippen LogP contribution in [-0.4, -0.2) is 73.1 Å². The zero-order valence-corrected chi connectivity index (χ0v) is 20.4. The fraction of sp³-hybridized carbons (Fsp3) is 0.478. The summed E-state index contributed by atoms with van der Waals surface area (Å²) >= 11 is 0. The first kappa shape index (κ1) is 25.3. The van der Waals surface area contributed by atoms with Gasteiger partial charge < -0.3 is 20.4 Å². The molecule has 35 heavy (non-hydrogen) atoms. The number of allylic oxidation sites excluding steroid dienone is 1. The van der Waals surface area contributed by atoms with E-state index in [0.717, 1.165) is 30.0 Å². The van der Waals surface area contributed by atoms with Crippen LogP contribution in [0.3, 0.4) is 0 Å². The molecule has 1 saturated heterocycles. The number of aromatic nitrogens is 2. The molecular formula is C23H32N6O5S. The molecular weight excluding hydrogens is 472 g/mol. The van der Waals surface area contributed by atoms with Gasteiger partial charge in [0.1, 0.15) is 11.9 Å². The molecule has 12 heteroatoms. The van der Waals surface area contributed by atoms with Gasteiger partial charge in [0, 0.05) is 36.3 Å². The molecule has 0 spiro atoms. The molecule has 0 radical (unpaired) electrons. The molecule has 0 unspecified atom stereocenters. The first-order valence-electron chi connectivity index (χ1n) is 11.6. The Kier molecular flexibility index (Phi) is 7.57. The highest BCUT2D eigenvalue weighted by Crippen LogP contribution is 2.32. The van der Waals surface area contributed by atoms with Gasteiger partial charge in [0.2, 0.25) is 0 Å². The molecule has 2 heterocycles. The maximum Gasteiger partial charge on any atom is 0.333 e. The van der Waals surface area contributed by atoms with Crippen molar-refractivity contribution in [1.82, 2.24) is 15.1 Å². The molecule has 1 aromatic carbocycles. The summed E-state index contributed by atoms with van der Waals surface area (Å²) in [6, 6.07) is 9.48. The summed E-state index contributed by atoms with van der Waals surface area (Å²) in [5, 5.41) is 33.7. The van der Waals surface area contributed by atoms with Crippen molar-refractivity contribution in [3.05, 3.63) is 36.4 Å². The maximum atomic E-state index is 11.1. The largest absolute Gasteiger partial charge is 0.390 e. The van der Waals surface area contributed by atoms with Gasteiger partial charge in [0.15, 0.2) is 5.82 Å². The zero-order chi connectivity index (χ0) is 25.2. The number of hydrogen-bond acceptors (Lipinski definition) is 9. The molecule has 2 aliphatic rings. The zero-order valence-electron chi connectivity index (χ0n) is 19.6. The van der Waals surface area contributed by atoms with Crippen molar-refractivity contribution < 1.29 is 22.8 Å². The van der Waals surface area contributed by atoms with E-state index in [1.54, 1.807) is 10.8 Å². The number of benzene rings is 1. The number of hydrogen-bond donors (Lipinski definition) is 4. The van der Waals surface area contributed by atoms with E-state index in [-0.39, 0.29) is 13.0 Å². The van der Waals surface area contributed by atoms with Gasteiger partial charge in [-0.2, -0.15) is 18.2 Å². The third-order valence-electron chi connectivity index (χ3n) is 6.55. The highest BCUT2D eigenvalue weighted by molar-refractivity contribution is 7.84. The van der Waals surface area contributed by atoms with Crippen LogP contribution in [0.2, 0.25) is 0 Å². The van der Waals surface area contributed by atoms with E-state index < -0.39 is 34.5 Å². The third-order valence-corrected chi connectivity index (χ3v) is 7.01. The smallest absolute Gasteiger partial charge is 0.333 e. The Hall–Kier alpha value is -2.77. The Morgan fingerprint density at radius 2 is 2.06 bits per heavy atom. The number of anilines is 1. The van der Waals surface area contributed by atoms with E-state index in [0.29, 0.717) is 11.6 Å². The van der Waals surface area contributed by atoms with Crippen LogP contribution in [0.5, 0.6) is 0 Å². The highest BCUT2D eigenvalue weighted by Gasteiger charge is 2.42. The lowest BCUT2D eigenvalue weighted by Gasteiger charge is -2.21. The Labute approximate surface area is 205 Å². The molecule has 190 valence electrons. The van der Waals surface area contributed by atoms with Gasteiger partial charge >= 0.3 is 10.3 Å². The Balaban J connectivity index is 1.53. The van der Waals surface area contributed by atoms with E-state index in [1.165, 1.54) is 12.8 Å². The molecule has 1 saturated carbocycles. The molecule has 4 atom stereocenters. The Morgan fingerprint density at radius 1 is 1.31 bits per heavy atom. The Morgan fingerprint density at radius 3 is 2.71 bits per heavy atom. The fourth-order valence-corrected chi connectivity index (χ4v) is 5.08. The number of aliphatic hydroxyl groups excluding tert-OH is 2. The molecule has 0 amide bonds. The van der Waals surface area contributed by atoms with Crippen LogP contribution in [0, 0.1) is 5.92 Å². The van der Waals surface area contributed by atoms with E-state index in [4.69, 9.17) is 10.2 Å². The maximum absolute atomic E-state index is 11.1. The second-order valence-corrected chi connectivity index (χ2v) is 10.1. The van der Waals surface area contributed by atoms with Crippen LogP contribution in [0.15, 0.2) is 41.4 Å². The van der Waals surface area contributed by atoms with Crippen molar-refractivity contribution in [2.75, 3.05) is 24.6 Å². The van der Waals surface area contributed by atoms with Crippen LogP contribution in [0.4, 0.5) is 11.5 Å². The minimum absolute atomic E-state index is 0.262. The van der Waals surface area contributed by atoms with Crippen molar-refractivity contribution >= 4 is 34.3 Å². The number of nitrogens with one attached hydrogen (secondary N) is 1. The topological polar surface area (TPSA) is 155 Å². The van der Waals surface area contributed by atoms with Gasteiger partial charge in [-0.05, 0) is 51.1 Å². The first-order chi connectivity index (χ1) is 16.7. The number of nitrogens with two attached hydrogens (primary N) is 1. The normalized spacial score (nSPS) is 25.3. The number of aliphatic imine (C=N–C) groups is 1. The van der Waals surface area contributed by atoms with Gasteiger partial charge in [-0.3, -0.25) is 4.18 Å². The molecule has 4 rings (SSSR count). The lowest BCUT2D eigenvalue weighted by Crippen LogP contribution is -2.40. The van der Waals surface area contributed by atoms with Gasteiger partial charge in [0.25, 0.3) is 0 Å². The molecule has 1 aromatic heterocycles. The molecule has 0 bridgehead atoms. The number of nitrogens with zero attached hydrogens (tertiary/aromatic N) is 4. The van der Waals surface area contributed by atoms with Crippen molar-refractivity contribution in [2.24, 2.45) is 16.0 Å². The molecule has 2 fully saturated rings. The number of rotatable bonds is 9. The second kappa shape index (κ2) is 10.5. The minimum Gasteiger partial charge on any atom is -0.390 e. The third kappa shape index (κ3) is 5.73. The summed E-state index contributed by atoms with van der Waals surface area (Å²) in [4.78, 5) is 6.47. The van der Waals surface area contributed by atoms with Gasteiger partial charge in [-0.15, -0.1) is 0 Å². The summed E-state index contributed by atoms with van der Waals surface area (Å²) in [7, 11) is -4.14. The van der Waals surface area contributed by atoms with Crippen LogP contribution in [0.1, 0.15) is 26.2 Å². The molecule has 11 nitrogen and oxygen atoms in total. The minimum atomic E-state index is -4.14. The van der Waals surface area contributed by atoms with Crippen LogP contribution in [-0.2, 0) is 14.5 Å². The summed E-state index contributed by atoms with van der Waals surface area (Å²) in [6.07, 6.45) is 2.10. The van der Waals surface area contributed by atoms with E-state index in [1.807, 2.05) is 25.1 Å². The Bertz CT molecular complexity index is 1190.